The van der Waals surface area contributed by atoms with Crippen molar-refractivity contribution in [3.63, 3.8) is 0 Å². The highest BCUT2D eigenvalue weighted by molar-refractivity contribution is 5.95. The molecular formula is C15H19N3O5. The first-order valence-electron chi connectivity index (χ1n) is 7.59. The van der Waals surface area contributed by atoms with Crippen LogP contribution in [0.2, 0.25) is 0 Å². The van der Waals surface area contributed by atoms with Gasteiger partial charge in [-0.3, -0.25) is 14.6 Å². The average Bonchev–Trinajstić information content (AvgIpc) is 2.53. The van der Waals surface area contributed by atoms with Crippen molar-refractivity contribution in [1.82, 2.24) is 10.3 Å². The van der Waals surface area contributed by atoms with Crippen LogP contribution < -0.4 is 15.4 Å². The van der Waals surface area contributed by atoms with E-state index in [0.717, 1.165) is 0 Å². The predicted octanol–water partition coefficient (Wildman–Crippen LogP) is 0.116. The van der Waals surface area contributed by atoms with Crippen LogP contribution in [0.15, 0.2) is 12.3 Å². The van der Waals surface area contributed by atoms with Gasteiger partial charge in [0.25, 0.3) is 5.91 Å². The molecule has 0 saturated heterocycles. The maximum absolute atomic E-state index is 11.3. The number of nitrogens with zero attached hydrogens (tertiary/aromatic N) is 1. The Morgan fingerprint density at radius 2 is 2.30 bits per heavy atom. The number of pyridine rings is 1. The molecule has 3 atom stereocenters. The van der Waals surface area contributed by atoms with Crippen molar-refractivity contribution in [3.05, 3.63) is 18.0 Å². The molecule has 0 spiro atoms. The van der Waals surface area contributed by atoms with Crippen LogP contribution in [0.3, 0.4) is 0 Å². The number of rotatable bonds is 4. The second kappa shape index (κ2) is 6.51. The fourth-order valence-electron chi connectivity index (χ4n) is 2.97. The van der Waals surface area contributed by atoms with Crippen molar-refractivity contribution in [1.29, 1.82) is 0 Å². The van der Waals surface area contributed by atoms with Crippen LogP contribution in [-0.2, 0) is 16.1 Å². The summed E-state index contributed by atoms with van der Waals surface area (Å²) in [5, 5.41) is 25.0. The number of ether oxygens (including phenoxy) is 1. The molecule has 23 heavy (non-hydrogen) atoms. The predicted molar refractivity (Wildman–Crippen MR) is 80.0 cm³/mol. The Labute approximate surface area is 132 Å². The van der Waals surface area contributed by atoms with Crippen LogP contribution in [-0.4, -0.2) is 45.8 Å². The molecule has 3 rings (SSSR count). The first-order chi connectivity index (χ1) is 11.0. The number of aliphatic hydroxyl groups excluding tert-OH is 1. The molecule has 2 heterocycles. The highest BCUT2D eigenvalue weighted by Crippen LogP contribution is 2.28. The molecule has 0 unspecified atom stereocenters. The molecule has 124 valence electrons. The van der Waals surface area contributed by atoms with E-state index in [9.17, 15) is 14.7 Å². The normalized spacial score (nSPS) is 26.8. The number of anilines is 1. The second-order valence-electron chi connectivity index (χ2n) is 5.91. The minimum Gasteiger partial charge on any atom is -0.481 e. The Morgan fingerprint density at radius 1 is 1.48 bits per heavy atom. The van der Waals surface area contributed by atoms with E-state index in [0.29, 0.717) is 36.5 Å². The Hall–Kier alpha value is -2.19. The summed E-state index contributed by atoms with van der Waals surface area (Å²) < 4.78 is 5.25. The summed E-state index contributed by atoms with van der Waals surface area (Å²) in [5.41, 5.74) is 1.30. The Bertz CT molecular complexity index is 621. The summed E-state index contributed by atoms with van der Waals surface area (Å²) >= 11 is 0. The monoisotopic (exact) mass is 321 g/mol. The van der Waals surface area contributed by atoms with E-state index in [-0.39, 0.29) is 25.0 Å². The van der Waals surface area contributed by atoms with Gasteiger partial charge in [-0.05, 0) is 25.3 Å². The fourth-order valence-corrected chi connectivity index (χ4v) is 2.97. The molecule has 0 aromatic carbocycles. The molecule has 2 aliphatic rings. The van der Waals surface area contributed by atoms with Crippen molar-refractivity contribution < 1.29 is 24.5 Å². The van der Waals surface area contributed by atoms with Crippen molar-refractivity contribution in [2.45, 2.75) is 38.0 Å². The fraction of sp³-hybridized carbons (Fsp3) is 0.533. The zero-order valence-electron chi connectivity index (χ0n) is 12.5. The number of carboxylic acid groups (broad SMARTS) is 1. The third-order valence-electron chi connectivity index (χ3n) is 4.27. The number of aliphatic carboxylic acids is 1. The molecule has 8 heteroatoms. The second-order valence-corrected chi connectivity index (χ2v) is 5.91. The molecule has 1 aromatic rings. The van der Waals surface area contributed by atoms with E-state index in [1.807, 2.05) is 0 Å². The number of carbonyl (C=O) groups excluding carboxylic acids is 1. The molecule has 1 saturated carbocycles. The van der Waals surface area contributed by atoms with Crippen molar-refractivity contribution >= 4 is 17.6 Å². The molecule has 1 fully saturated rings. The molecule has 0 bridgehead atoms. The lowest BCUT2D eigenvalue weighted by molar-refractivity contribution is -0.144. The van der Waals surface area contributed by atoms with Gasteiger partial charge >= 0.3 is 5.97 Å². The topological polar surface area (TPSA) is 121 Å². The highest BCUT2D eigenvalue weighted by atomic mass is 16.5. The molecule has 1 aliphatic heterocycles. The van der Waals surface area contributed by atoms with Crippen LogP contribution >= 0.6 is 0 Å². The number of amides is 1. The zero-order chi connectivity index (χ0) is 16.4. The Kier molecular flexibility index (Phi) is 4.44. The van der Waals surface area contributed by atoms with Gasteiger partial charge in [0.15, 0.2) is 12.4 Å². The minimum absolute atomic E-state index is 0.00864. The number of carbonyl (C=O) groups is 2. The molecule has 8 nitrogen and oxygen atoms in total. The van der Waals surface area contributed by atoms with E-state index in [1.54, 1.807) is 12.3 Å². The van der Waals surface area contributed by atoms with Gasteiger partial charge in [0.05, 0.1) is 29.6 Å². The summed E-state index contributed by atoms with van der Waals surface area (Å²) in [6.45, 7) is 0.411. The van der Waals surface area contributed by atoms with Crippen LogP contribution in [0.4, 0.5) is 5.69 Å². The summed E-state index contributed by atoms with van der Waals surface area (Å²) in [7, 11) is 0. The van der Waals surface area contributed by atoms with Crippen LogP contribution in [0.5, 0.6) is 5.75 Å². The van der Waals surface area contributed by atoms with Crippen molar-refractivity contribution in [3.8, 4) is 5.75 Å². The van der Waals surface area contributed by atoms with E-state index in [4.69, 9.17) is 9.84 Å². The van der Waals surface area contributed by atoms with Crippen LogP contribution in [0.25, 0.3) is 0 Å². The largest absolute Gasteiger partial charge is 0.481 e. The van der Waals surface area contributed by atoms with E-state index in [2.05, 4.69) is 15.6 Å². The van der Waals surface area contributed by atoms with E-state index < -0.39 is 18.0 Å². The van der Waals surface area contributed by atoms with Gasteiger partial charge < -0.3 is 25.6 Å². The van der Waals surface area contributed by atoms with Gasteiger partial charge in [-0.15, -0.1) is 0 Å². The number of hydrogen-bond acceptors (Lipinski definition) is 6. The van der Waals surface area contributed by atoms with Gasteiger partial charge in [-0.2, -0.15) is 0 Å². The SMILES string of the molecule is O=C1COc2cnc(CN[C@H]3CC[C@H](C(=O)O)C[C@@H]3O)cc2N1. The van der Waals surface area contributed by atoms with Crippen molar-refractivity contribution in [2.75, 3.05) is 11.9 Å². The number of aromatic nitrogens is 1. The number of aliphatic hydroxyl groups is 1. The molecule has 1 aromatic heterocycles. The highest BCUT2D eigenvalue weighted by Gasteiger charge is 2.32. The van der Waals surface area contributed by atoms with Gasteiger partial charge in [-0.1, -0.05) is 0 Å². The Balaban J connectivity index is 1.58. The molecule has 1 aliphatic carbocycles. The Morgan fingerprint density at radius 3 is 3.04 bits per heavy atom. The molecular weight excluding hydrogens is 302 g/mol. The lowest BCUT2D eigenvalue weighted by Crippen LogP contribution is -2.45. The minimum atomic E-state index is -0.852. The van der Waals surface area contributed by atoms with Gasteiger partial charge in [0, 0.05) is 12.6 Å². The number of fused-ring (bicyclic) bond motifs is 1. The van der Waals surface area contributed by atoms with E-state index >= 15 is 0 Å². The van der Waals surface area contributed by atoms with Gasteiger partial charge in [-0.25, -0.2) is 0 Å². The first kappa shape index (κ1) is 15.7. The maximum Gasteiger partial charge on any atom is 0.306 e. The standard InChI is InChI=1S/C15H19N3O5/c19-12-3-8(15(21)22)1-2-10(12)17-5-9-4-11-13(6-16-9)23-7-14(20)18-11/h4,6,8,10,12,17,19H,1-3,5,7H2,(H,18,20)(H,21,22)/t8-,10-,12-/m0/s1. The summed E-state index contributed by atoms with van der Waals surface area (Å²) in [6, 6.07) is 1.57. The number of nitrogens with one attached hydrogen (secondary N) is 2. The van der Waals surface area contributed by atoms with Crippen LogP contribution in [0, 0.1) is 5.92 Å². The van der Waals surface area contributed by atoms with Gasteiger partial charge in [0.1, 0.15) is 0 Å². The third-order valence-corrected chi connectivity index (χ3v) is 4.27. The molecule has 0 radical (unpaired) electrons. The average molecular weight is 321 g/mol. The van der Waals surface area contributed by atoms with Gasteiger partial charge in [0.2, 0.25) is 0 Å². The lowest BCUT2D eigenvalue weighted by Gasteiger charge is -2.31. The summed E-state index contributed by atoms with van der Waals surface area (Å²) in [6.07, 6.45) is 2.28. The zero-order valence-corrected chi connectivity index (χ0v) is 12.5. The summed E-state index contributed by atoms with van der Waals surface area (Å²) in [4.78, 5) is 26.5. The van der Waals surface area contributed by atoms with Crippen LogP contribution in [0.1, 0.15) is 25.0 Å². The third kappa shape index (κ3) is 3.59. The first-order valence-corrected chi connectivity index (χ1v) is 7.59. The number of hydrogen-bond donors (Lipinski definition) is 4. The molecule has 1 amide bonds. The smallest absolute Gasteiger partial charge is 0.306 e. The quantitative estimate of drug-likeness (QED) is 0.621. The van der Waals surface area contributed by atoms with Crippen molar-refractivity contribution in [2.24, 2.45) is 5.92 Å². The molecule has 4 N–H and O–H groups in total. The number of carboxylic acids is 1. The summed E-state index contributed by atoms with van der Waals surface area (Å²) in [5.74, 6) is -0.993. The van der Waals surface area contributed by atoms with E-state index in [1.165, 1.54) is 0 Å². The lowest BCUT2D eigenvalue weighted by atomic mass is 9.84. The maximum atomic E-state index is 11.3.